The van der Waals surface area contributed by atoms with Gasteiger partial charge >= 0.3 is 6.03 Å². The van der Waals surface area contributed by atoms with Crippen molar-refractivity contribution in [1.82, 2.24) is 44.9 Å². The Hall–Kier alpha value is -3.78. The van der Waals surface area contributed by atoms with E-state index in [4.69, 9.17) is 0 Å². The Morgan fingerprint density at radius 3 is 2.64 bits per heavy atom. The topological polar surface area (TPSA) is 122 Å². The number of amides is 3. The van der Waals surface area contributed by atoms with Crippen LogP contribution in [-0.2, 0) is 6.54 Å². The number of imidazole rings is 1. The van der Waals surface area contributed by atoms with Crippen molar-refractivity contribution in [2.45, 2.75) is 70.0 Å². The Morgan fingerprint density at radius 2 is 1.92 bits per heavy atom. The molecule has 3 aromatic heterocycles. The van der Waals surface area contributed by atoms with Crippen LogP contribution in [0, 0.1) is 5.92 Å². The summed E-state index contributed by atoms with van der Waals surface area (Å²) >= 11 is 0. The number of rotatable bonds is 7. The smallest absolute Gasteiger partial charge is 0.318 e. The summed E-state index contributed by atoms with van der Waals surface area (Å²) < 4.78 is 58.4. The molecule has 210 valence electrons. The van der Waals surface area contributed by atoms with Gasteiger partial charge in [0.1, 0.15) is 6.33 Å². The summed E-state index contributed by atoms with van der Waals surface area (Å²) in [5.74, 6) is -6.53. The van der Waals surface area contributed by atoms with Crippen LogP contribution in [0.5, 0.6) is 0 Å². The molecular formula is C24H29F4N9O2. The monoisotopic (exact) mass is 551 g/mol. The predicted octanol–water partition coefficient (Wildman–Crippen LogP) is 3.36. The van der Waals surface area contributed by atoms with Gasteiger partial charge in [-0.2, -0.15) is 10.2 Å². The third-order valence-corrected chi connectivity index (χ3v) is 7.08. The maximum absolute atomic E-state index is 13.9. The van der Waals surface area contributed by atoms with Gasteiger partial charge in [-0.25, -0.2) is 41.5 Å². The minimum atomic E-state index is -3.05. The molecule has 1 aliphatic heterocycles. The number of halogens is 4. The molecule has 2 N–H and O–H groups in total. The largest absolute Gasteiger partial charge is 0.341 e. The lowest BCUT2D eigenvalue weighted by Gasteiger charge is -2.33. The van der Waals surface area contributed by atoms with E-state index in [0.717, 1.165) is 4.90 Å². The molecule has 0 radical (unpaired) electrons. The van der Waals surface area contributed by atoms with Crippen molar-refractivity contribution >= 4 is 17.6 Å². The van der Waals surface area contributed by atoms with Crippen LogP contribution < -0.4 is 10.6 Å². The quantitative estimate of drug-likeness (QED) is 0.435. The lowest BCUT2D eigenvalue weighted by molar-refractivity contribution is -0.0495. The lowest BCUT2D eigenvalue weighted by Crippen LogP contribution is -2.56. The number of urea groups is 1. The maximum atomic E-state index is 13.9. The number of carbonyl (C=O) groups excluding carboxylic acids is 2. The zero-order valence-corrected chi connectivity index (χ0v) is 21.5. The molecule has 0 aromatic carbocycles. The number of carbonyl (C=O) groups is 2. The molecule has 5 rings (SSSR count). The van der Waals surface area contributed by atoms with Gasteiger partial charge in [0.25, 0.3) is 11.8 Å². The summed E-state index contributed by atoms with van der Waals surface area (Å²) in [6, 6.07) is 0.179. The van der Waals surface area contributed by atoms with E-state index in [1.807, 2.05) is 13.8 Å². The highest BCUT2D eigenvalue weighted by Crippen LogP contribution is 2.41. The number of nitrogens with zero attached hydrogens (tertiary/aromatic N) is 7. The minimum absolute atomic E-state index is 0.0944. The van der Waals surface area contributed by atoms with Crippen LogP contribution in [0.15, 0.2) is 24.8 Å². The highest BCUT2D eigenvalue weighted by molar-refractivity contribution is 5.91. The second kappa shape index (κ2) is 10.1. The molecule has 2 aliphatic rings. The van der Waals surface area contributed by atoms with Crippen molar-refractivity contribution in [3.8, 4) is 0 Å². The summed E-state index contributed by atoms with van der Waals surface area (Å²) in [7, 11) is 0. The first-order valence-electron chi connectivity index (χ1n) is 12.7. The Bertz CT molecular complexity index is 1360. The Labute approximate surface area is 221 Å². The van der Waals surface area contributed by atoms with Gasteiger partial charge in [0, 0.05) is 25.4 Å². The molecule has 3 aromatic rings. The van der Waals surface area contributed by atoms with Crippen LogP contribution in [-0.4, -0.2) is 71.1 Å². The lowest BCUT2D eigenvalue weighted by atomic mass is 9.81. The summed E-state index contributed by atoms with van der Waals surface area (Å²) in [4.78, 5) is 35.0. The van der Waals surface area contributed by atoms with E-state index in [1.54, 1.807) is 12.3 Å². The fourth-order valence-electron chi connectivity index (χ4n) is 5.07. The van der Waals surface area contributed by atoms with Crippen LogP contribution in [0.4, 0.5) is 22.4 Å². The fourth-order valence-corrected chi connectivity index (χ4v) is 5.07. The van der Waals surface area contributed by atoms with Crippen molar-refractivity contribution in [2.24, 2.45) is 5.92 Å². The highest BCUT2D eigenvalue weighted by atomic mass is 19.3. The summed E-state index contributed by atoms with van der Waals surface area (Å²) in [5, 5.41) is 13.5. The highest BCUT2D eigenvalue weighted by Gasteiger charge is 2.40. The number of fused-ring (bicyclic) bond motifs is 1. The van der Waals surface area contributed by atoms with Gasteiger partial charge in [-0.15, -0.1) is 0 Å². The number of nitrogens with one attached hydrogen (secondary N) is 2. The molecule has 1 unspecified atom stereocenters. The Balaban J connectivity index is 1.41. The molecule has 1 saturated heterocycles. The van der Waals surface area contributed by atoms with Gasteiger partial charge in [0.05, 0.1) is 37.2 Å². The van der Waals surface area contributed by atoms with Gasteiger partial charge < -0.3 is 15.5 Å². The van der Waals surface area contributed by atoms with Crippen LogP contribution in [0.25, 0.3) is 5.65 Å². The summed E-state index contributed by atoms with van der Waals surface area (Å²) in [5.41, 5.74) is 1.26. The molecule has 1 saturated carbocycles. The predicted molar refractivity (Wildman–Crippen MR) is 129 cm³/mol. The van der Waals surface area contributed by atoms with E-state index in [2.05, 4.69) is 30.8 Å². The van der Waals surface area contributed by atoms with E-state index >= 15 is 0 Å². The van der Waals surface area contributed by atoms with Crippen molar-refractivity contribution in [1.29, 1.82) is 0 Å². The van der Waals surface area contributed by atoms with Crippen molar-refractivity contribution in [3.63, 3.8) is 0 Å². The molecule has 4 heterocycles. The van der Waals surface area contributed by atoms with Crippen molar-refractivity contribution in [2.75, 3.05) is 13.1 Å². The van der Waals surface area contributed by atoms with Crippen molar-refractivity contribution in [3.05, 3.63) is 41.9 Å². The van der Waals surface area contributed by atoms with Crippen molar-refractivity contribution < 1.29 is 27.2 Å². The van der Waals surface area contributed by atoms with Crippen LogP contribution >= 0.6 is 0 Å². The van der Waals surface area contributed by atoms with E-state index in [0.29, 0.717) is 16.9 Å². The average molecular weight is 552 g/mol. The SMILES string of the molecule is CC(C)n1ncnc1C(=O)NC(c1cn2ncc(CN3CC(F)(F)CNC3=O)cc2n1)C1CCC(F)(F)CC1. The van der Waals surface area contributed by atoms with E-state index in [1.165, 1.54) is 21.7 Å². The molecule has 1 atom stereocenters. The van der Waals surface area contributed by atoms with Gasteiger partial charge in [0.15, 0.2) is 5.65 Å². The zero-order valence-electron chi connectivity index (χ0n) is 21.5. The molecule has 2 fully saturated rings. The molecule has 1 aliphatic carbocycles. The summed E-state index contributed by atoms with van der Waals surface area (Å²) in [6.07, 6.45) is 4.08. The Kier molecular flexibility index (Phi) is 6.93. The second-order valence-corrected chi connectivity index (χ2v) is 10.5. The van der Waals surface area contributed by atoms with Gasteiger partial charge in [-0.3, -0.25) is 4.79 Å². The van der Waals surface area contributed by atoms with Gasteiger partial charge in [-0.05, 0) is 44.2 Å². The van der Waals surface area contributed by atoms with Gasteiger partial charge in [0.2, 0.25) is 11.7 Å². The number of alkyl halides is 4. The Morgan fingerprint density at radius 1 is 1.18 bits per heavy atom. The first kappa shape index (κ1) is 26.8. The third kappa shape index (κ3) is 5.81. The number of hydrogen-bond donors (Lipinski definition) is 2. The number of hydrogen-bond acceptors (Lipinski definition) is 6. The normalized spacial score (nSPS) is 20.3. The standard InChI is InChI=1S/C24H29F4N9O2/c1-14(2)37-20(30-13-32-37)21(38)34-19(16-3-5-23(25,26)6-4-16)17-10-36-18(33-17)7-15(8-31-36)9-35-12-24(27,28)11-29-22(35)39/h7-8,10,13-14,16,19H,3-6,9,11-12H2,1-2H3,(H,29,39)(H,34,38). The van der Waals surface area contributed by atoms with E-state index < -0.39 is 42.9 Å². The first-order chi connectivity index (χ1) is 18.4. The first-order valence-corrected chi connectivity index (χ1v) is 12.7. The van der Waals surface area contributed by atoms with Gasteiger partial charge in [-0.1, -0.05) is 0 Å². The minimum Gasteiger partial charge on any atom is -0.341 e. The maximum Gasteiger partial charge on any atom is 0.318 e. The van der Waals surface area contributed by atoms with Crippen LogP contribution in [0.3, 0.4) is 0 Å². The number of aromatic nitrogens is 6. The molecule has 11 nitrogen and oxygen atoms in total. The van der Waals surface area contributed by atoms with E-state index in [-0.39, 0.29) is 50.0 Å². The molecule has 0 bridgehead atoms. The molecular weight excluding hydrogens is 522 g/mol. The third-order valence-electron chi connectivity index (χ3n) is 7.08. The van der Waals surface area contributed by atoms with Crippen LogP contribution in [0.2, 0.25) is 0 Å². The second-order valence-electron chi connectivity index (χ2n) is 10.5. The molecule has 0 spiro atoms. The van der Waals surface area contributed by atoms with Crippen LogP contribution in [0.1, 0.15) is 73.5 Å². The summed E-state index contributed by atoms with van der Waals surface area (Å²) in [6.45, 7) is 2.18. The molecule has 3 amide bonds. The fraction of sp³-hybridized carbons (Fsp3) is 0.583. The average Bonchev–Trinajstić information content (AvgIpc) is 3.52. The molecule has 39 heavy (non-hydrogen) atoms. The zero-order chi connectivity index (χ0) is 27.9. The molecule has 15 heteroatoms. The van der Waals surface area contributed by atoms with E-state index in [9.17, 15) is 27.2 Å².